The molecule has 2 aromatic rings. The molecule has 0 saturated carbocycles. The molecule has 0 spiro atoms. The maximum Gasteiger partial charge on any atom is 0.328 e. The van der Waals surface area contributed by atoms with Gasteiger partial charge in [0.25, 0.3) is 5.91 Å². The molecule has 1 atom stereocenters. The third-order valence-electron chi connectivity index (χ3n) is 4.08. The summed E-state index contributed by atoms with van der Waals surface area (Å²) in [7, 11) is 2.68. The van der Waals surface area contributed by atoms with Gasteiger partial charge in [-0.15, -0.1) is 0 Å². The Morgan fingerprint density at radius 3 is 2.39 bits per heavy atom. The molecule has 28 heavy (non-hydrogen) atoms. The van der Waals surface area contributed by atoms with Gasteiger partial charge in [-0.05, 0) is 42.3 Å². The number of esters is 1. The fourth-order valence-electron chi connectivity index (χ4n) is 2.48. The quantitative estimate of drug-likeness (QED) is 0.673. The number of nitrogens with two attached hydrogens (primary N) is 1. The van der Waals surface area contributed by atoms with Crippen LogP contribution in [0.25, 0.3) is 0 Å². The lowest BCUT2D eigenvalue weighted by atomic mass is 10.1. The van der Waals surface area contributed by atoms with E-state index in [4.69, 9.17) is 15.2 Å². The fourth-order valence-corrected chi connectivity index (χ4v) is 2.48. The van der Waals surface area contributed by atoms with Crippen molar-refractivity contribution in [3.8, 4) is 17.2 Å². The molecule has 0 saturated heterocycles. The summed E-state index contributed by atoms with van der Waals surface area (Å²) in [4.78, 5) is 24.2. The van der Waals surface area contributed by atoms with E-state index in [-0.39, 0.29) is 23.6 Å². The van der Waals surface area contributed by atoms with Gasteiger partial charge in [0.1, 0.15) is 6.04 Å². The Morgan fingerprint density at radius 2 is 1.82 bits per heavy atom. The van der Waals surface area contributed by atoms with Gasteiger partial charge in [-0.1, -0.05) is 13.0 Å². The molecule has 0 aliphatic carbocycles. The predicted molar refractivity (Wildman–Crippen MR) is 101 cm³/mol. The number of amides is 1. The van der Waals surface area contributed by atoms with E-state index in [1.165, 1.54) is 44.6 Å². The van der Waals surface area contributed by atoms with Crippen molar-refractivity contribution >= 4 is 11.9 Å². The van der Waals surface area contributed by atoms with Gasteiger partial charge < -0.3 is 25.3 Å². The molecule has 3 N–H and O–H groups in total. The third kappa shape index (κ3) is 4.98. The van der Waals surface area contributed by atoms with Crippen LogP contribution >= 0.6 is 0 Å². The SMILES string of the molecule is CCC(NC(=O)c1ccc(OC)c(Oc2ccc(CN)cc2F)c1)C(=O)OC. The highest BCUT2D eigenvalue weighted by Gasteiger charge is 2.21. The molecule has 2 aromatic carbocycles. The van der Waals surface area contributed by atoms with Crippen LogP contribution in [0.15, 0.2) is 36.4 Å². The number of carbonyl (C=O) groups excluding carboxylic acids is 2. The molecule has 0 fully saturated rings. The first-order chi connectivity index (χ1) is 13.4. The molecule has 0 bridgehead atoms. The number of carbonyl (C=O) groups is 2. The van der Waals surface area contributed by atoms with Crippen LogP contribution in [-0.2, 0) is 16.1 Å². The zero-order chi connectivity index (χ0) is 20.7. The summed E-state index contributed by atoms with van der Waals surface area (Å²) in [6.45, 7) is 1.95. The molecule has 0 heterocycles. The summed E-state index contributed by atoms with van der Waals surface area (Å²) in [6.07, 6.45) is 0.372. The minimum absolute atomic E-state index is 0.0333. The van der Waals surface area contributed by atoms with E-state index in [0.717, 1.165) is 0 Å². The molecule has 0 radical (unpaired) electrons. The Hall–Kier alpha value is -3.13. The van der Waals surface area contributed by atoms with Gasteiger partial charge in [0.15, 0.2) is 23.1 Å². The topological polar surface area (TPSA) is 99.9 Å². The summed E-state index contributed by atoms with van der Waals surface area (Å²) in [5.74, 6) is -1.18. The normalized spacial score (nSPS) is 11.5. The molecule has 2 rings (SSSR count). The number of hydrogen-bond acceptors (Lipinski definition) is 6. The zero-order valence-electron chi connectivity index (χ0n) is 16.0. The minimum atomic E-state index is -0.773. The van der Waals surface area contributed by atoms with Crippen LogP contribution in [0.2, 0.25) is 0 Å². The standard InChI is InChI=1S/C20H23FN2O5/c1-4-15(20(25)27-3)23-19(24)13-6-8-17(26-2)18(10-13)28-16-7-5-12(11-22)9-14(16)21/h5-10,15H,4,11,22H2,1-3H3,(H,23,24). The van der Waals surface area contributed by atoms with Gasteiger partial charge >= 0.3 is 5.97 Å². The van der Waals surface area contributed by atoms with Gasteiger partial charge in [0, 0.05) is 12.1 Å². The van der Waals surface area contributed by atoms with Crippen molar-refractivity contribution in [1.29, 1.82) is 0 Å². The number of benzene rings is 2. The van der Waals surface area contributed by atoms with E-state index >= 15 is 0 Å². The second kappa shape index (κ2) is 9.70. The first kappa shape index (κ1) is 21.2. The van der Waals surface area contributed by atoms with Crippen molar-refractivity contribution in [1.82, 2.24) is 5.32 Å². The van der Waals surface area contributed by atoms with Crippen LogP contribution in [0.3, 0.4) is 0 Å². The predicted octanol–water partition coefficient (Wildman–Crippen LogP) is 2.77. The maximum atomic E-state index is 14.2. The minimum Gasteiger partial charge on any atom is -0.493 e. The van der Waals surface area contributed by atoms with Gasteiger partial charge in [-0.3, -0.25) is 4.79 Å². The van der Waals surface area contributed by atoms with Crippen LogP contribution in [0.5, 0.6) is 17.2 Å². The van der Waals surface area contributed by atoms with Crippen LogP contribution in [-0.4, -0.2) is 32.1 Å². The molecular formula is C20H23FN2O5. The molecule has 1 amide bonds. The number of ether oxygens (including phenoxy) is 3. The number of methoxy groups -OCH3 is 2. The molecule has 0 aliphatic rings. The summed E-state index contributed by atoms with van der Waals surface area (Å²) in [6, 6.07) is 8.05. The lowest BCUT2D eigenvalue weighted by Gasteiger charge is -2.16. The van der Waals surface area contributed by atoms with Crippen LogP contribution < -0.4 is 20.5 Å². The summed E-state index contributed by atoms with van der Waals surface area (Å²) in [5.41, 5.74) is 6.34. The van der Waals surface area contributed by atoms with Crippen molar-refractivity contribution in [2.75, 3.05) is 14.2 Å². The number of nitrogens with one attached hydrogen (secondary N) is 1. The molecule has 8 heteroatoms. The summed E-state index contributed by atoms with van der Waals surface area (Å²) >= 11 is 0. The second-order valence-corrected chi connectivity index (χ2v) is 5.89. The van der Waals surface area contributed by atoms with Crippen LogP contribution in [0, 0.1) is 5.82 Å². The highest BCUT2D eigenvalue weighted by Crippen LogP contribution is 2.34. The van der Waals surface area contributed by atoms with Gasteiger partial charge in [-0.2, -0.15) is 0 Å². The van der Waals surface area contributed by atoms with Crippen LogP contribution in [0.4, 0.5) is 4.39 Å². The molecule has 0 aliphatic heterocycles. The Kier molecular flexibility index (Phi) is 7.34. The highest BCUT2D eigenvalue weighted by molar-refractivity contribution is 5.97. The van der Waals surface area contributed by atoms with E-state index < -0.39 is 23.7 Å². The zero-order valence-corrected chi connectivity index (χ0v) is 16.0. The first-order valence-corrected chi connectivity index (χ1v) is 8.66. The lowest BCUT2D eigenvalue weighted by molar-refractivity contribution is -0.142. The summed E-state index contributed by atoms with van der Waals surface area (Å²) in [5, 5.41) is 2.59. The van der Waals surface area contributed by atoms with E-state index in [2.05, 4.69) is 10.1 Å². The van der Waals surface area contributed by atoms with E-state index in [9.17, 15) is 14.0 Å². The van der Waals surface area contributed by atoms with Gasteiger partial charge in [0.2, 0.25) is 0 Å². The average Bonchev–Trinajstić information content (AvgIpc) is 2.72. The third-order valence-corrected chi connectivity index (χ3v) is 4.08. The van der Waals surface area contributed by atoms with Crippen molar-refractivity contribution in [2.45, 2.75) is 25.9 Å². The number of halogens is 1. The van der Waals surface area contributed by atoms with Crippen molar-refractivity contribution < 1.29 is 28.2 Å². The maximum absolute atomic E-state index is 14.2. The average molecular weight is 390 g/mol. The smallest absolute Gasteiger partial charge is 0.328 e. The van der Waals surface area contributed by atoms with Crippen molar-refractivity contribution in [2.24, 2.45) is 5.73 Å². The molecule has 1 unspecified atom stereocenters. The van der Waals surface area contributed by atoms with Gasteiger partial charge in [-0.25, -0.2) is 9.18 Å². The number of rotatable bonds is 8. The molecule has 0 aromatic heterocycles. The lowest BCUT2D eigenvalue weighted by Crippen LogP contribution is -2.41. The second-order valence-electron chi connectivity index (χ2n) is 5.89. The molecule has 150 valence electrons. The van der Waals surface area contributed by atoms with E-state index in [1.807, 2.05) is 0 Å². The molecule has 7 nitrogen and oxygen atoms in total. The van der Waals surface area contributed by atoms with E-state index in [0.29, 0.717) is 17.7 Å². The fraction of sp³-hybridized carbons (Fsp3) is 0.300. The monoisotopic (exact) mass is 390 g/mol. The number of hydrogen-bond donors (Lipinski definition) is 2. The van der Waals surface area contributed by atoms with Gasteiger partial charge in [0.05, 0.1) is 14.2 Å². The first-order valence-electron chi connectivity index (χ1n) is 8.66. The highest BCUT2D eigenvalue weighted by atomic mass is 19.1. The summed E-state index contributed by atoms with van der Waals surface area (Å²) < 4.78 is 29.7. The van der Waals surface area contributed by atoms with E-state index in [1.54, 1.807) is 13.0 Å². The Balaban J connectivity index is 2.28. The Labute approximate surface area is 162 Å². The van der Waals surface area contributed by atoms with Crippen LogP contribution in [0.1, 0.15) is 29.3 Å². The van der Waals surface area contributed by atoms with Crippen molar-refractivity contribution in [3.63, 3.8) is 0 Å². The van der Waals surface area contributed by atoms with Crippen molar-refractivity contribution in [3.05, 3.63) is 53.3 Å². The molecular weight excluding hydrogens is 367 g/mol. The Morgan fingerprint density at radius 1 is 1.11 bits per heavy atom. The Bertz CT molecular complexity index is 856. The largest absolute Gasteiger partial charge is 0.493 e.